The number of hydrogen-bond donors (Lipinski definition) is 1. The van der Waals surface area contributed by atoms with E-state index in [1.54, 1.807) is 19.1 Å². The third-order valence-electron chi connectivity index (χ3n) is 2.56. The maximum Gasteiger partial charge on any atom is 0.276 e. The van der Waals surface area contributed by atoms with Gasteiger partial charge in [0, 0.05) is 5.56 Å². The third-order valence-corrected chi connectivity index (χ3v) is 4.63. The van der Waals surface area contributed by atoms with Gasteiger partial charge >= 0.3 is 0 Å². The lowest BCUT2D eigenvalue weighted by Gasteiger charge is -2.07. The van der Waals surface area contributed by atoms with Gasteiger partial charge in [-0.15, -0.1) is 0 Å². The quantitative estimate of drug-likeness (QED) is 0.696. The van der Waals surface area contributed by atoms with E-state index in [1.165, 1.54) is 17.6 Å². The highest BCUT2D eigenvalue weighted by Gasteiger charge is 2.15. The molecular weight excluding hydrogens is 280 g/mol. The van der Waals surface area contributed by atoms with Crippen molar-refractivity contribution in [1.82, 2.24) is 4.83 Å². The molecule has 0 aliphatic heterocycles. The summed E-state index contributed by atoms with van der Waals surface area (Å²) in [6.45, 7) is 3.61. The highest BCUT2D eigenvalue weighted by molar-refractivity contribution is 7.89. The van der Waals surface area contributed by atoms with Crippen molar-refractivity contribution in [2.75, 3.05) is 0 Å². The van der Waals surface area contributed by atoms with Crippen LogP contribution < -0.4 is 4.83 Å². The minimum atomic E-state index is -3.61. The van der Waals surface area contributed by atoms with E-state index in [0.29, 0.717) is 5.56 Å². The van der Waals surface area contributed by atoms with Crippen LogP contribution in [0, 0.1) is 13.8 Å². The van der Waals surface area contributed by atoms with Crippen LogP contribution in [0.2, 0.25) is 0 Å². The lowest BCUT2D eigenvalue weighted by atomic mass is 10.2. The van der Waals surface area contributed by atoms with Crippen molar-refractivity contribution in [1.29, 1.82) is 0 Å². The van der Waals surface area contributed by atoms with Crippen LogP contribution in [0.4, 0.5) is 0 Å². The van der Waals surface area contributed by atoms with Crippen molar-refractivity contribution in [3.63, 3.8) is 0 Å². The molecule has 1 aromatic heterocycles. The molecule has 0 spiro atoms. The molecule has 0 unspecified atom stereocenters. The third kappa shape index (κ3) is 3.42. The summed E-state index contributed by atoms with van der Waals surface area (Å²) in [5.74, 6) is 0. The van der Waals surface area contributed by atoms with Gasteiger partial charge in [0.25, 0.3) is 10.0 Å². The van der Waals surface area contributed by atoms with Crippen LogP contribution in [0.3, 0.4) is 0 Å². The monoisotopic (exact) mass is 294 g/mol. The zero-order chi connectivity index (χ0) is 13.9. The molecule has 100 valence electrons. The number of nitrogens with one attached hydrogen (secondary N) is 1. The molecule has 0 saturated heterocycles. The van der Waals surface area contributed by atoms with Gasteiger partial charge in [0.2, 0.25) is 0 Å². The fraction of sp³-hybridized carbons (Fsp3) is 0.154. The number of hydrogen-bond acceptors (Lipinski definition) is 4. The molecule has 0 radical (unpaired) electrons. The van der Waals surface area contributed by atoms with Gasteiger partial charge in [-0.2, -0.15) is 24.9 Å². The summed E-state index contributed by atoms with van der Waals surface area (Å²) in [4.78, 5) is 2.49. The van der Waals surface area contributed by atoms with Crippen molar-refractivity contribution < 1.29 is 8.42 Å². The number of thiophene rings is 1. The van der Waals surface area contributed by atoms with Gasteiger partial charge in [-0.05, 0) is 47.9 Å². The number of benzene rings is 1. The molecule has 6 heteroatoms. The number of nitrogens with zero attached hydrogens (tertiary/aromatic N) is 1. The van der Waals surface area contributed by atoms with Gasteiger partial charge in [0.1, 0.15) is 0 Å². The second kappa shape index (κ2) is 5.54. The molecule has 0 amide bonds. The second-order valence-electron chi connectivity index (χ2n) is 4.18. The topological polar surface area (TPSA) is 58.5 Å². The molecule has 0 aliphatic rings. The average Bonchev–Trinajstić information content (AvgIpc) is 2.85. The van der Waals surface area contributed by atoms with Gasteiger partial charge in [-0.1, -0.05) is 12.1 Å². The highest BCUT2D eigenvalue weighted by atomic mass is 32.2. The Kier molecular flexibility index (Phi) is 4.01. The summed E-state index contributed by atoms with van der Waals surface area (Å²) >= 11 is 1.53. The minimum absolute atomic E-state index is 0.259. The molecule has 0 atom stereocenters. The molecule has 1 heterocycles. The largest absolute Gasteiger partial charge is 0.276 e. The first-order valence-corrected chi connectivity index (χ1v) is 8.06. The van der Waals surface area contributed by atoms with Crippen LogP contribution in [-0.2, 0) is 10.0 Å². The predicted octanol–water partition coefficient (Wildman–Crippen LogP) is 2.68. The zero-order valence-electron chi connectivity index (χ0n) is 10.6. The Labute approximate surface area is 116 Å². The molecule has 1 N–H and O–H groups in total. The molecule has 4 nitrogen and oxygen atoms in total. The van der Waals surface area contributed by atoms with E-state index in [2.05, 4.69) is 9.93 Å². The fourth-order valence-electron chi connectivity index (χ4n) is 1.56. The summed E-state index contributed by atoms with van der Waals surface area (Å²) in [6, 6.07) is 7.16. The SMILES string of the molecule is Cc1ccc(C)c(S(=O)(=O)N/N=C\c2ccsc2)c1. The van der Waals surface area contributed by atoms with Crippen molar-refractivity contribution in [2.45, 2.75) is 18.7 Å². The Morgan fingerprint density at radius 2 is 2.05 bits per heavy atom. The van der Waals surface area contributed by atoms with Gasteiger partial charge in [-0.25, -0.2) is 4.83 Å². The van der Waals surface area contributed by atoms with Crippen LogP contribution in [0.1, 0.15) is 16.7 Å². The van der Waals surface area contributed by atoms with E-state index in [0.717, 1.165) is 11.1 Å². The van der Waals surface area contributed by atoms with Crippen LogP contribution in [0.25, 0.3) is 0 Å². The normalized spacial score (nSPS) is 11.9. The van der Waals surface area contributed by atoms with Crippen molar-refractivity contribution >= 4 is 27.6 Å². The van der Waals surface area contributed by atoms with Gasteiger partial charge in [-0.3, -0.25) is 0 Å². The zero-order valence-corrected chi connectivity index (χ0v) is 12.3. The van der Waals surface area contributed by atoms with Crippen LogP contribution >= 0.6 is 11.3 Å². The Bertz CT molecular complexity index is 689. The predicted molar refractivity (Wildman–Crippen MR) is 78.2 cm³/mol. The van der Waals surface area contributed by atoms with E-state index >= 15 is 0 Å². The maximum absolute atomic E-state index is 12.1. The van der Waals surface area contributed by atoms with E-state index in [9.17, 15) is 8.42 Å². The van der Waals surface area contributed by atoms with Crippen LogP contribution in [0.5, 0.6) is 0 Å². The molecule has 2 aromatic rings. The molecule has 0 saturated carbocycles. The number of hydrazone groups is 1. The van der Waals surface area contributed by atoms with E-state index in [-0.39, 0.29) is 4.90 Å². The first kappa shape index (κ1) is 13.8. The van der Waals surface area contributed by atoms with Gasteiger partial charge < -0.3 is 0 Å². The first-order chi connectivity index (χ1) is 8.99. The average molecular weight is 294 g/mol. The first-order valence-electron chi connectivity index (χ1n) is 5.63. The molecule has 19 heavy (non-hydrogen) atoms. The fourth-order valence-corrected chi connectivity index (χ4v) is 3.30. The Morgan fingerprint density at radius 3 is 2.74 bits per heavy atom. The standard InChI is InChI=1S/C13H14N2O2S2/c1-10-3-4-11(2)13(7-10)19(16,17)15-14-8-12-5-6-18-9-12/h3-9,15H,1-2H3/b14-8-. The molecule has 0 fully saturated rings. The van der Waals surface area contributed by atoms with Crippen LogP contribution in [0.15, 0.2) is 45.0 Å². The van der Waals surface area contributed by atoms with Crippen molar-refractivity contribution in [3.05, 3.63) is 51.7 Å². The minimum Gasteiger partial charge on any atom is -0.200 e. The molecule has 0 aliphatic carbocycles. The van der Waals surface area contributed by atoms with E-state index < -0.39 is 10.0 Å². The van der Waals surface area contributed by atoms with E-state index in [4.69, 9.17) is 0 Å². The lowest BCUT2D eigenvalue weighted by molar-refractivity contribution is 0.584. The number of sulfonamides is 1. The van der Waals surface area contributed by atoms with Crippen LogP contribution in [-0.4, -0.2) is 14.6 Å². The smallest absolute Gasteiger partial charge is 0.200 e. The summed E-state index contributed by atoms with van der Waals surface area (Å²) in [5.41, 5.74) is 2.46. The number of rotatable bonds is 4. The summed E-state index contributed by atoms with van der Waals surface area (Å²) in [5, 5.41) is 7.56. The maximum atomic E-state index is 12.1. The molecule has 1 aromatic carbocycles. The van der Waals surface area contributed by atoms with Gasteiger partial charge in [0.15, 0.2) is 0 Å². The summed E-state index contributed by atoms with van der Waals surface area (Å²) in [6.07, 6.45) is 1.49. The highest BCUT2D eigenvalue weighted by Crippen LogP contribution is 2.16. The summed E-state index contributed by atoms with van der Waals surface area (Å²) in [7, 11) is -3.61. The number of aryl methyl sites for hydroxylation is 2. The van der Waals surface area contributed by atoms with E-state index in [1.807, 2.05) is 29.8 Å². The molecule has 2 rings (SSSR count). The van der Waals surface area contributed by atoms with Gasteiger partial charge in [0.05, 0.1) is 11.1 Å². The summed E-state index contributed by atoms with van der Waals surface area (Å²) < 4.78 is 24.2. The second-order valence-corrected chi connectivity index (χ2v) is 6.59. The van der Waals surface area contributed by atoms with Crippen molar-refractivity contribution in [3.8, 4) is 0 Å². The molecule has 0 bridgehead atoms. The Balaban J connectivity index is 2.21. The molecular formula is C13H14N2O2S2. The van der Waals surface area contributed by atoms with Crippen molar-refractivity contribution in [2.24, 2.45) is 5.10 Å². The Morgan fingerprint density at radius 1 is 1.26 bits per heavy atom. The lowest BCUT2D eigenvalue weighted by Crippen LogP contribution is -2.19. The Hall–Kier alpha value is -1.66.